The first-order chi connectivity index (χ1) is 11.6. The van der Waals surface area contributed by atoms with Crippen LogP contribution in [0, 0.1) is 17.5 Å². The maximum atomic E-state index is 14.5. The summed E-state index contributed by atoms with van der Waals surface area (Å²) in [5.41, 5.74) is 0.00453. The first-order valence-electron chi connectivity index (χ1n) is 7.51. The van der Waals surface area contributed by atoms with Crippen LogP contribution < -0.4 is 5.69 Å². The maximum absolute atomic E-state index is 14.5. The summed E-state index contributed by atoms with van der Waals surface area (Å²) < 4.78 is 56.0. The Hall–Kier alpha value is -1.55. The van der Waals surface area contributed by atoms with Crippen molar-refractivity contribution in [1.29, 1.82) is 0 Å². The molecule has 0 amide bonds. The van der Waals surface area contributed by atoms with Gasteiger partial charge in [0.1, 0.15) is 11.5 Å². The molecule has 0 saturated heterocycles. The number of rotatable bonds is 4. The molecule has 1 aromatic heterocycles. The molecule has 3 rings (SSSR count). The predicted octanol–water partition coefficient (Wildman–Crippen LogP) is 4.14. The Balaban J connectivity index is 2.10. The lowest BCUT2D eigenvalue weighted by atomic mass is 10.2. The minimum Gasteiger partial charge on any atom is -0.264 e. The van der Waals surface area contributed by atoms with Crippen LogP contribution in [-0.2, 0) is 7.05 Å². The zero-order chi connectivity index (χ0) is 18.5. The summed E-state index contributed by atoms with van der Waals surface area (Å²) in [5.74, 6) is -1.72. The lowest BCUT2D eigenvalue weighted by Gasteiger charge is -2.13. The minimum atomic E-state index is -4.33. The summed E-state index contributed by atoms with van der Waals surface area (Å²) in [7, 11) is 1.46. The Bertz CT molecular complexity index is 938. The van der Waals surface area contributed by atoms with E-state index in [1.807, 2.05) is 0 Å². The molecule has 0 N–H and O–H groups in total. The van der Waals surface area contributed by atoms with Crippen molar-refractivity contribution in [1.82, 2.24) is 13.9 Å². The first kappa shape index (κ1) is 18.2. The highest BCUT2D eigenvalue weighted by Crippen LogP contribution is 2.35. The molecular formula is C15H15F4N3OS2. The molecule has 1 heterocycles. The van der Waals surface area contributed by atoms with Gasteiger partial charge < -0.3 is 0 Å². The molecule has 0 unspecified atom stereocenters. The van der Waals surface area contributed by atoms with Gasteiger partial charge in [0, 0.05) is 18.0 Å². The van der Waals surface area contributed by atoms with Gasteiger partial charge in [-0.1, -0.05) is 0 Å². The number of halogens is 4. The standard InChI is InChI=1S/C15H15F4N3OS2/c1-8-5-10(16)11(6-12(8)25-7-15(17,18)19)22-14(24)21(9-3-4-9)13(23)20(22)2/h5-6,9H,3-4,7H2,1-2H3. The van der Waals surface area contributed by atoms with Crippen molar-refractivity contribution in [3.8, 4) is 5.69 Å². The normalized spacial score (nSPS) is 15.0. The lowest BCUT2D eigenvalue weighted by molar-refractivity contribution is -0.105. The van der Waals surface area contributed by atoms with E-state index >= 15 is 0 Å². The Kier molecular flexibility index (Phi) is 4.61. The third-order valence-corrected chi connectivity index (χ3v) is 5.54. The van der Waals surface area contributed by atoms with Crippen molar-refractivity contribution >= 4 is 24.0 Å². The quantitative estimate of drug-likeness (QED) is 0.445. The van der Waals surface area contributed by atoms with E-state index in [4.69, 9.17) is 12.2 Å². The molecule has 1 fully saturated rings. The van der Waals surface area contributed by atoms with Crippen LogP contribution in [0.5, 0.6) is 0 Å². The third-order valence-electron chi connectivity index (χ3n) is 3.95. The monoisotopic (exact) mass is 393 g/mol. The minimum absolute atomic E-state index is 0.0139. The first-order valence-corrected chi connectivity index (χ1v) is 8.90. The molecule has 0 spiro atoms. The Labute approximate surface area is 150 Å². The molecule has 0 aliphatic heterocycles. The zero-order valence-electron chi connectivity index (χ0n) is 13.4. The van der Waals surface area contributed by atoms with Crippen LogP contribution in [0.2, 0.25) is 0 Å². The molecule has 10 heteroatoms. The van der Waals surface area contributed by atoms with Gasteiger partial charge in [0.15, 0.2) is 0 Å². The fraction of sp³-hybridized carbons (Fsp3) is 0.467. The highest BCUT2D eigenvalue weighted by molar-refractivity contribution is 7.99. The van der Waals surface area contributed by atoms with E-state index in [2.05, 4.69) is 0 Å². The fourth-order valence-corrected chi connectivity index (χ4v) is 3.83. The van der Waals surface area contributed by atoms with Gasteiger partial charge in [-0.25, -0.2) is 18.5 Å². The predicted molar refractivity (Wildman–Crippen MR) is 89.6 cm³/mol. The summed E-state index contributed by atoms with van der Waals surface area (Å²) in [6.07, 6.45) is -2.67. The van der Waals surface area contributed by atoms with Gasteiger partial charge in [0.25, 0.3) is 0 Å². The molecule has 1 aliphatic carbocycles. The molecule has 1 aromatic carbocycles. The van der Waals surface area contributed by atoms with Crippen LogP contribution in [0.15, 0.2) is 21.8 Å². The van der Waals surface area contributed by atoms with E-state index in [1.165, 1.54) is 27.0 Å². The summed E-state index contributed by atoms with van der Waals surface area (Å²) >= 11 is 5.89. The number of aromatic nitrogens is 3. The van der Waals surface area contributed by atoms with Gasteiger partial charge in [-0.15, -0.1) is 11.8 Å². The van der Waals surface area contributed by atoms with Crippen LogP contribution in [0.1, 0.15) is 24.4 Å². The van der Waals surface area contributed by atoms with E-state index in [-0.39, 0.29) is 22.2 Å². The van der Waals surface area contributed by atoms with Crippen molar-refractivity contribution < 1.29 is 17.6 Å². The van der Waals surface area contributed by atoms with Crippen molar-refractivity contribution in [2.24, 2.45) is 7.05 Å². The van der Waals surface area contributed by atoms with Crippen molar-refractivity contribution in [2.75, 3.05) is 5.75 Å². The van der Waals surface area contributed by atoms with E-state index in [9.17, 15) is 22.4 Å². The number of nitrogens with zero attached hydrogens (tertiary/aromatic N) is 3. The maximum Gasteiger partial charge on any atom is 0.398 e. The molecule has 1 saturated carbocycles. The van der Waals surface area contributed by atoms with Crippen molar-refractivity contribution in [3.05, 3.63) is 38.8 Å². The molecule has 0 radical (unpaired) electrons. The van der Waals surface area contributed by atoms with Crippen LogP contribution in [0.4, 0.5) is 17.6 Å². The van der Waals surface area contributed by atoms with Gasteiger partial charge in [-0.2, -0.15) is 13.2 Å². The second-order valence-electron chi connectivity index (χ2n) is 5.97. The van der Waals surface area contributed by atoms with Gasteiger partial charge in [0.2, 0.25) is 4.77 Å². The number of thioether (sulfide) groups is 1. The van der Waals surface area contributed by atoms with E-state index in [0.29, 0.717) is 22.2 Å². The van der Waals surface area contributed by atoms with Gasteiger partial charge in [-0.3, -0.25) is 4.57 Å². The number of hydrogen-bond acceptors (Lipinski definition) is 3. The second-order valence-corrected chi connectivity index (χ2v) is 7.36. The van der Waals surface area contributed by atoms with E-state index in [1.54, 1.807) is 6.92 Å². The van der Waals surface area contributed by atoms with Crippen molar-refractivity contribution in [3.63, 3.8) is 0 Å². The van der Waals surface area contributed by atoms with Gasteiger partial charge in [0.05, 0.1) is 5.75 Å². The average molecular weight is 393 g/mol. The Morgan fingerprint density at radius 3 is 2.52 bits per heavy atom. The fourth-order valence-electron chi connectivity index (χ4n) is 2.58. The smallest absolute Gasteiger partial charge is 0.264 e. The topological polar surface area (TPSA) is 31.9 Å². The average Bonchev–Trinajstić information content (AvgIpc) is 3.29. The highest BCUT2D eigenvalue weighted by Gasteiger charge is 2.30. The molecule has 25 heavy (non-hydrogen) atoms. The number of alkyl halides is 3. The summed E-state index contributed by atoms with van der Waals surface area (Å²) in [4.78, 5) is 12.6. The summed E-state index contributed by atoms with van der Waals surface area (Å²) in [5, 5.41) is 0. The number of benzene rings is 1. The third kappa shape index (κ3) is 3.55. The summed E-state index contributed by atoms with van der Waals surface area (Å²) in [6, 6.07) is 2.49. The number of aryl methyl sites for hydroxylation is 1. The zero-order valence-corrected chi connectivity index (χ0v) is 15.1. The molecule has 0 bridgehead atoms. The molecule has 1 aliphatic rings. The highest BCUT2D eigenvalue weighted by atomic mass is 32.2. The lowest BCUT2D eigenvalue weighted by Crippen LogP contribution is -2.24. The molecule has 0 atom stereocenters. The van der Waals surface area contributed by atoms with Gasteiger partial charge in [-0.05, 0) is 49.7 Å². The second kappa shape index (κ2) is 6.31. The molecule has 2 aromatic rings. The summed E-state index contributed by atoms with van der Waals surface area (Å²) in [6.45, 7) is 1.54. The van der Waals surface area contributed by atoms with Crippen LogP contribution in [0.3, 0.4) is 0 Å². The molecular weight excluding hydrogens is 378 g/mol. The van der Waals surface area contributed by atoms with E-state index < -0.39 is 17.7 Å². The Morgan fingerprint density at radius 1 is 1.32 bits per heavy atom. The number of hydrogen-bond donors (Lipinski definition) is 0. The largest absolute Gasteiger partial charge is 0.398 e. The van der Waals surface area contributed by atoms with Crippen LogP contribution in [-0.4, -0.2) is 25.9 Å². The van der Waals surface area contributed by atoms with E-state index in [0.717, 1.165) is 18.9 Å². The van der Waals surface area contributed by atoms with Crippen molar-refractivity contribution in [2.45, 2.75) is 36.9 Å². The SMILES string of the molecule is Cc1cc(F)c(-n2c(=S)n(C3CC3)c(=O)n2C)cc1SCC(F)(F)F. The Morgan fingerprint density at radius 2 is 1.96 bits per heavy atom. The van der Waals surface area contributed by atoms with Gasteiger partial charge >= 0.3 is 11.9 Å². The van der Waals surface area contributed by atoms with Crippen LogP contribution >= 0.6 is 24.0 Å². The molecule has 4 nitrogen and oxygen atoms in total. The molecule has 136 valence electrons. The van der Waals surface area contributed by atoms with Crippen LogP contribution in [0.25, 0.3) is 5.69 Å².